The van der Waals surface area contributed by atoms with Crippen LogP contribution in [0.5, 0.6) is 0 Å². The minimum atomic E-state index is -1.95. The molecule has 4 heteroatoms. The Morgan fingerprint density at radius 1 is 1.20 bits per heavy atom. The fourth-order valence-corrected chi connectivity index (χ4v) is 6.07. The molecule has 0 aromatic carbocycles. The van der Waals surface area contributed by atoms with Crippen LogP contribution in [-0.2, 0) is 9.59 Å². The van der Waals surface area contributed by atoms with Gasteiger partial charge in [0.2, 0.25) is 0 Å². The van der Waals surface area contributed by atoms with Gasteiger partial charge in [0.25, 0.3) is 0 Å². The maximum absolute atomic E-state index is 11.5. The summed E-state index contributed by atoms with van der Waals surface area (Å²) in [4.78, 5) is 22.1. The van der Waals surface area contributed by atoms with Crippen LogP contribution in [0.1, 0.15) is 27.7 Å². The van der Waals surface area contributed by atoms with Gasteiger partial charge in [0.05, 0.1) is 0 Å². The number of ketones is 1. The van der Waals surface area contributed by atoms with E-state index >= 15 is 0 Å². The van der Waals surface area contributed by atoms with Gasteiger partial charge in [-0.2, -0.15) is 0 Å². The van der Waals surface area contributed by atoms with Crippen LogP contribution in [0.25, 0.3) is 0 Å². The van der Waals surface area contributed by atoms with Crippen LogP contribution in [-0.4, -0.2) is 35.7 Å². The number of Topliss-reactive ketones (excluding diaryl/α,β-unsaturated/α-hetero) is 1. The summed E-state index contributed by atoms with van der Waals surface area (Å²) < 4.78 is 0. The molecule has 0 saturated carbocycles. The molecule has 15 heavy (non-hydrogen) atoms. The molecule has 0 saturated heterocycles. The number of allylic oxidation sites excluding steroid dienone is 2. The number of hydrogen-bond acceptors (Lipinski definition) is 3. The summed E-state index contributed by atoms with van der Waals surface area (Å²) >= 11 is 0. The third-order valence-electron chi connectivity index (χ3n) is 3.28. The van der Waals surface area contributed by atoms with E-state index in [4.69, 9.17) is 0 Å². The molecule has 3 nitrogen and oxygen atoms in total. The number of aldehydes is 1. The van der Waals surface area contributed by atoms with Gasteiger partial charge in [0.1, 0.15) is 0 Å². The van der Waals surface area contributed by atoms with Crippen molar-refractivity contribution in [2.45, 2.75) is 27.7 Å². The van der Waals surface area contributed by atoms with E-state index in [1.807, 2.05) is 20.8 Å². The second-order valence-corrected chi connectivity index (χ2v) is 8.97. The molecule has 88 valence electrons. The number of carbonyl (C=O) groups excluding carboxylic acids is 2. The second-order valence-electron chi connectivity index (χ2n) is 3.78. The Balaban J connectivity index is 5.51. The number of aliphatic hydroxyl groups is 1. The monoisotopic (exact) mass is 232 g/mol. The van der Waals surface area contributed by atoms with E-state index < -0.39 is 13.0 Å². The molecule has 0 aromatic heterocycles. The van der Waals surface area contributed by atoms with Crippen LogP contribution < -0.4 is 0 Å². The Labute approximate surface area is 91.9 Å². The molecular weight excluding hydrogens is 211 g/mol. The summed E-state index contributed by atoms with van der Waals surface area (Å²) in [5.74, 6) is -0.503. The zero-order valence-electron chi connectivity index (χ0n) is 9.96. The summed E-state index contributed by atoms with van der Waals surface area (Å²) in [6, 6.07) is 0. The SMILES string of the molecule is CC[PH](CC)(CC)/C(C(=O)C=O)=C(\C)O. The topological polar surface area (TPSA) is 54.4 Å². The van der Waals surface area contributed by atoms with Gasteiger partial charge in [-0.05, 0) is 0 Å². The van der Waals surface area contributed by atoms with Crippen molar-refractivity contribution in [2.24, 2.45) is 0 Å². The van der Waals surface area contributed by atoms with Crippen LogP contribution in [0.15, 0.2) is 11.1 Å². The molecule has 0 aromatic rings. The Hall–Kier alpha value is -0.690. The van der Waals surface area contributed by atoms with Crippen molar-refractivity contribution in [3.05, 3.63) is 11.1 Å². The first-order valence-corrected chi connectivity index (χ1v) is 8.01. The first-order chi connectivity index (χ1) is 6.98. The van der Waals surface area contributed by atoms with E-state index in [-0.39, 0.29) is 5.76 Å². The molecule has 1 N–H and O–H groups in total. The van der Waals surface area contributed by atoms with Crippen LogP contribution in [0, 0.1) is 0 Å². The molecule has 0 heterocycles. The van der Waals surface area contributed by atoms with Crippen molar-refractivity contribution in [2.75, 3.05) is 18.5 Å². The molecule has 0 aliphatic heterocycles. The molecule has 0 aliphatic rings. The second kappa shape index (κ2) is 6.02. The van der Waals surface area contributed by atoms with E-state index in [2.05, 4.69) is 0 Å². The van der Waals surface area contributed by atoms with Crippen LogP contribution in [0.2, 0.25) is 0 Å². The van der Waals surface area contributed by atoms with Gasteiger partial charge in [-0.25, -0.2) is 0 Å². The number of aliphatic hydroxyl groups excluding tert-OH is 1. The van der Waals surface area contributed by atoms with Crippen molar-refractivity contribution in [1.29, 1.82) is 0 Å². The first kappa shape index (κ1) is 14.3. The Morgan fingerprint density at radius 3 is 1.80 bits per heavy atom. The molecule has 0 aliphatic carbocycles. The van der Waals surface area contributed by atoms with E-state index in [9.17, 15) is 14.7 Å². The molecular formula is C11H21O3P. The van der Waals surface area contributed by atoms with Gasteiger partial charge in [0.15, 0.2) is 0 Å². The standard InChI is InChI=1S/C11H21O3P/c1-5-15(6-2,7-3)11(9(4)13)10(14)8-12/h8,13,15H,5-7H2,1-4H3/b11-9+. The third kappa shape index (κ3) is 2.88. The molecule has 0 radical (unpaired) electrons. The summed E-state index contributed by atoms with van der Waals surface area (Å²) in [7, 11) is -1.95. The van der Waals surface area contributed by atoms with E-state index in [0.717, 1.165) is 18.5 Å². The van der Waals surface area contributed by atoms with Crippen molar-refractivity contribution < 1.29 is 14.7 Å². The van der Waals surface area contributed by atoms with Crippen LogP contribution in [0.4, 0.5) is 0 Å². The molecule has 0 fully saturated rings. The normalized spacial score (nSPS) is 14.4. The number of rotatable bonds is 6. The van der Waals surface area contributed by atoms with Crippen molar-refractivity contribution in [3.63, 3.8) is 0 Å². The van der Waals surface area contributed by atoms with E-state index in [1.165, 1.54) is 6.92 Å². The molecule has 0 bridgehead atoms. The predicted molar refractivity (Wildman–Crippen MR) is 66.3 cm³/mol. The summed E-state index contributed by atoms with van der Waals surface area (Å²) in [5, 5.41) is 10.00. The van der Waals surface area contributed by atoms with E-state index in [1.54, 1.807) is 0 Å². The van der Waals surface area contributed by atoms with Gasteiger partial charge in [0, 0.05) is 0 Å². The quantitative estimate of drug-likeness (QED) is 0.251. The predicted octanol–water partition coefficient (Wildman–Crippen LogP) is 2.35. The summed E-state index contributed by atoms with van der Waals surface area (Å²) in [5.41, 5.74) is 0. The van der Waals surface area contributed by atoms with Gasteiger partial charge >= 0.3 is 91.3 Å². The van der Waals surface area contributed by atoms with Crippen molar-refractivity contribution in [1.82, 2.24) is 0 Å². The number of carbonyl (C=O) groups is 2. The molecule has 0 atom stereocenters. The Bertz CT molecular complexity index is 265. The van der Waals surface area contributed by atoms with Crippen molar-refractivity contribution >= 4 is 19.3 Å². The van der Waals surface area contributed by atoms with Gasteiger partial charge < -0.3 is 0 Å². The van der Waals surface area contributed by atoms with Gasteiger partial charge in [-0.15, -0.1) is 0 Å². The van der Waals surface area contributed by atoms with Crippen LogP contribution >= 0.6 is 7.26 Å². The zero-order valence-corrected chi connectivity index (χ0v) is 11.0. The average molecular weight is 232 g/mol. The minimum absolute atomic E-state index is 0.0318. The molecule has 0 rings (SSSR count). The maximum atomic E-state index is 11.5. The fraction of sp³-hybridized carbons (Fsp3) is 0.636. The Morgan fingerprint density at radius 2 is 1.60 bits per heavy atom. The van der Waals surface area contributed by atoms with Crippen LogP contribution in [0.3, 0.4) is 0 Å². The van der Waals surface area contributed by atoms with Crippen molar-refractivity contribution in [3.8, 4) is 0 Å². The third-order valence-corrected chi connectivity index (χ3v) is 9.01. The number of hydrogen-bond donors (Lipinski definition) is 1. The average Bonchev–Trinajstić information content (AvgIpc) is 2.24. The van der Waals surface area contributed by atoms with Gasteiger partial charge in [-0.1, -0.05) is 0 Å². The summed E-state index contributed by atoms with van der Waals surface area (Å²) in [6.45, 7) is 7.58. The fourth-order valence-electron chi connectivity index (χ4n) is 2.16. The Kier molecular flexibility index (Phi) is 5.74. The zero-order chi connectivity index (χ0) is 12.1. The molecule has 0 amide bonds. The first-order valence-electron chi connectivity index (χ1n) is 5.38. The van der Waals surface area contributed by atoms with E-state index in [0.29, 0.717) is 11.6 Å². The molecule has 0 unspecified atom stereocenters. The summed E-state index contributed by atoms with van der Waals surface area (Å²) in [6.07, 6.45) is 2.96. The van der Waals surface area contributed by atoms with Gasteiger partial charge in [-0.3, -0.25) is 0 Å². The molecule has 0 spiro atoms.